The molecular weight excluding hydrogens is 140 g/mol. The molecule has 0 saturated carbocycles. The molecule has 0 aromatic rings. The highest BCUT2D eigenvalue weighted by Crippen LogP contribution is 2.25. The van der Waals surface area contributed by atoms with E-state index < -0.39 is 0 Å². The number of ether oxygens (including phenoxy) is 1. The Bertz CT molecular complexity index is 114. The molecule has 2 nitrogen and oxygen atoms in total. The Morgan fingerprint density at radius 3 is 2.64 bits per heavy atom. The van der Waals surface area contributed by atoms with Crippen LogP contribution in [-0.4, -0.2) is 23.4 Å². The molecule has 1 N–H and O–H groups in total. The maximum atomic E-state index is 9.46. The normalized spacial score (nSPS) is 37.9. The van der Waals surface area contributed by atoms with E-state index in [1.54, 1.807) is 0 Å². The van der Waals surface area contributed by atoms with Gasteiger partial charge in [-0.15, -0.1) is 0 Å². The molecule has 0 bridgehead atoms. The molecular formula is C9H18O2. The van der Waals surface area contributed by atoms with Gasteiger partial charge in [0.25, 0.3) is 0 Å². The van der Waals surface area contributed by atoms with E-state index >= 15 is 0 Å². The SMILES string of the molecule is CCCC1CC(O)C(CC)O1. The zero-order chi connectivity index (χ0) is 8.27. The smallest absolute Gasteiger partial charge is 0.0836 e. The van der Waals surface area contributed by atoms with Crippen LogP contribution in [0.15, 0.2) is 0 Å². The highest BCUT2D eigenvalue weighted by atomic mass is 16.5. The van der Waals surface area contributed by atoms with Crippen molar-refractivity contribution in [1.29, 1.82) is 0 Å². The summed E-state index contributed by atoms with van der Waals surface area (Å²) in [5.74, 6) is 0. The summed E-state index contributed by atoms with van der Waals surface area (Å²) in [5.41, 5.74) is 0. The molecule has 0 aliphatic carbocycles. The van der Waals surface area contributed by atoms with Crippen molar-refractivity contribution in [2.24, 2.45) is 0 Å². The zero-order valence-corrected chi connectivity index (χ0v) is 7.42. The molecule has 66 valence electrons. The van der Waals surface area contributed by atoms with Gasteiger partial charge in [-0.05, 0) is 12.8 Å². The predicted octanol–water partition coefficient (Wildman–Crippen LogP) is 1.71. The predicted molar refractivity (Wildman–Crippen MR) is 44.5 cm³/mol. The third kappa shape index (κ3) is 2.17. The van der Waals surface area contributed by atoms with E-state index in [1.807, 2.05) is 0 Å². The summed E-state index contributed by atoms with van der Waals surface area (Å²) >= 11 is 0. The summed E-state index contributed by atoms with van der Waals surface area (Å²) in [6, 6.07) is 0. The molecule has 1 heterocycles. The van der Waals surface area contributed by atoms with Crippen molar-refractivity contribution in [1.82, 2.24) is 0 Å². The number of aliphatic hydroxyl groups is 1. The summed E-state index contributed by atoms with van der Waals surface area (Å²) < 4.78 is 5.61. The highest BCUT2D eigenvalue weighted by molar-refractivity contribution is 4.80. The van der Waals surface area contributed by atoms with E-state index in [4.69, 9.17) is 4.74 Å². The minimum absolute atomic E-state index is 0.103. The third-order valence-electron chi connectivity index (χ3n) is 2.31. The maximum absolute atomic E-state index is 9.46. The van der Waals surface area contributed by atoms with Gasteiger partial charge < -0.3 is 9.84 Å². The van der Waals surface area contributed by atoms with E-state index in [-0.39, 0.29) is 12.2 Å². The lowest BCUT2D eigenvalue weighted by molar-refractivity contribution is 0.00577. The first-order valence-corrected chi connectivity index (χ1v) is 4.61. The second-order valence-electron chi connectivity index (χ2n) is 3.30. The van der Waals surface area contributed by atoms with Crippen LogP contribution in [0.2, 0.25) is 0 Å². The average Bonchev–Trinajstić information content (AvgIpc) is 2.32. The van der Waals surface area contributed by atoms with E-state index in [2.05, 4.69) is 13.8 Å². The Balaban J connectivity index is 2.30. The van der Waals surface area contributed by atoms with Gasteiger partial charge in [0.1, 0.15) is 0 Å². The van der Waals surface area contributed by atoms with Crippen molar-refractivity contribution in [2.75, 3.05) is 0 Å². The molecule has 2 heteroatoms. The minimum atomic E-state index is -0.212. The molecule has 0 aromatic carbocycles. The van der Waals surface area contributed by atoms with Crippen LogP contribution in [0.25, 0.3) is 0 Å². The second kappa shape index (κ2) is 4.07. The van der Waals surface area contributed by atoms with Crippen LogP contribution in [0.3, 0.4) is 0 Å². The molecule has 0 amide bonds. The molecule has 1 aliphatic heterocycles. The van der Waals surface area contributed by atoms with E-state index in [1.165, 1.54) is 0 Å². The molecule has 1 saturated heterocycles. The minimum Gasteiger partial charge on any atom is -0.390 e. The fraction of sp³-hybridized carbons (Fsp3) is 1.00. The number of rotatable bonds is 3. The monoisotopic (exact) mass is 158 g/mol. The average molecular weight is 158 g/mol. The Labute approximate surface area is 68.6 Å². The molecule has 0 aromatic heterocycles. The molecule has 3 atom stereocenters. The van der Waals surface area contributed by atoms with Gasteiger partial charge in [0.05, 0.1) is 18.3 Å². The zero-order valence-electron chi connectivity index (χ0n) is 7.42. The lowest BCUT2D eigenvalue weighted by Gasteiger charge is -2.11. The molecule has 1 aliphatic rings. The fourth-order valence-corrected chi connectivity index (χ4v) is 1.69. The molecule has 0 spiro atoms. The first-order valence-electron chi connectivity index (χ1n) is 4.61. The first kappa shape index (κ1) is 9.01. The number of aliphatic hydroxyl groups excluding tert-OH is 1. The van der Waals surface area contributed by atoms with Gasteiger partial charge in [-0.2, -0.15) is 0 Å². The van der Waals surface area contributed by atoms with E-state index in [9.17, 15) is 5.11 Å². The van der Waals surface area contributed by atoms with Gasteiger partial charge in [-0.3, -0.25) is 0 Å². The fourth-order valence-electron chi connectivity index (χ4n) is 1.69. The summed E-state index contributed by atoms with van der Waals surface area (Å²) in [4.78, 5) is 0. The van der Waals surface area contributed by atoms with Gasteiger partial charge in [0.15, 0.2) is 0 Å². The van der Waals surface area contributed by atoms with Crippen LogP contribution in [0, 0.1) is 0 Å². The Morgan fingerprint density at radius 1 is 1.45 bits per heavy atom. The topological polar surface area (TPSA) is 29.5 Å². The van der Waals surface area contributed by atoms with Crippen molar-refractivity contribution in [3.63, 3.8) is 0 Å². The Hall–Kier alpha value is -0.0800. The van der Waals surface area contributed by atoms with Crippen LogP contribution < -0.4 is 0 Å². The van der Waals surface area contributed by atoms with Gasteiger partial charge in [0, 0.05) is 6.42 Å². The van der Waals surface area contributed by atoms with Crippen molar-refractivity contribution in [2.45, 2.75) is 57.8 Å². The second-order valence-corrected chi connectivity index (χ2v) is 3.30. The summed E-state index contributed by atoms with van der Waals surface area (Å²) in [6.45, 7) is 4.21. The molecule has 0 radical (unpaired) electrons. The van der Waals surface area contributed by atoms with Crippen molar-refractivity contribution >= 4 is 0 Å². The van der Waals surface area contributed by atoms with Crippen LogP contribution >= 0.6 is 0 Å². The van der Waals surface area contributed by atoms with Crippen molar-refractivity contribution < 1.29 is 9.84 Å². The van der Waals surface area contributed by atoms with Crippen molar-refractivity contribution in [3.05, 3.63) is 0 Å². The lowest BCUT2D eigenvalue weighted by atomic mass is 10.1. The number of hydrogen-bond acceptors (Lipinski definition) is 2. The standard InChI is InChI=1S/C9H18O2/c1-3-5-7-6-8(10)9(4-2)11-7/h7-10H,3-6H2,1-2H3. The molecule has 11 heavy (non-hydrogen) atoms. The van der Waals surface area contributed by atoms with E-state index in [0.29, 0.717) is 6.10 Å². The van der Waals surface area contributed by atoms with Crippen LogP contribution in [0.4, 0.5) is 0 Å². The number of hydrogen-bond donors (Lipinski definition) is 1. The third-order valence-corrected chi connectivity index (χ3v) is 2.31. The van der Waals surface area contributed by atoms with Gasteiger partial charge in [-0.1, -0.05) is 20.3 Å². The van der Waals surface area contributed by atoms with Gasteiger partial charge in [-0.25, -0.2) is 0 Å². The van der Waals surface area contributed by atoms with Crippen LogP contribution in [-0.2, 0) is 4.74 Å². The van der Waals surface area contributed by atoms with E-state index in [0.717, 1.165) is 25.7 Å². The van der Waals surface area contributed by atoms with Gasteiger partial charge >= 0.3 is 0 Å². The van der Waals surface area contributed by atoms with Crippen LogP contribution in [0.1, 0.15) is 39.5 Å². The van der Waals surface area contributed by atoms with Crippen molar-refractivity contribution in [3.8, 4) is 0 Å². The lowest BCUT2D eigenvalue weighted by Crippen LogP contribution is -2.19. The molecule has 1 fully saturated rings. The Kier molecular flexibility index (Phi) is 3.34. The largest absolute Gasteiger partial charge is 0.390 e. The highest BCUT2D eigenvalue weighted by Gasteiger charge is 2.31. The van der Waals surface area contributed by atoms with Crippen LogP contribution in [0.5, 0.6) is 0 Å². The maximum Gasteiger partial charge on any atom is 0.0836 e. The Morgan fingerprint density at radius 2 is 2.18 bits per heavy atom. The first-order chi connectivity index (χ1) is 5.27. The summed E-state index contributed by atoms with van der Waals surface area (Å²) in [6.07, 6.45) is 4.22. The van der Waals surface area contributed by atoms with Gasteiger partial charge in [0.2, 0.25) is 0 Å². The molecule has 3 unspecified atom stereocenters. The summed E-state index contributed by atoms with van der Waals surface area (Å²) in [5, 5.41) is 9.46. The quantitative estimate of drug-likeness (QED) is 0.677. The molecule has 1 rings (SSSR count). The summed E-state index contributed by atoms with van der Waals surface area (Å²) in [7, 11) is 0.